The molecule has 1 unspecified atom stereocenters. The molecule has 158 valence electrons. The Morgan fingerprint density at radius 3 is 2.44 bits per heavy atom. The average Bonchev–Trinajstić information content (AvgIpc) is 3.16. The van der Waals surface area contributed by atoms with Gasteiger partial charge in [-0.2, -0.15) is 0 Å². The van der Waals surface area contributed by atoms with Crippen LogP contribution in [0, 0.1) is 0 Å². The Morgan fingerprint density at radius 1 is 1.07 bits per heavy atom. The molecule has 3 heterocycles. The second-order valence-corrected chi connectivity index (χ2v) is 8.57. The summed E-state index contributed by atoms with van der Waals surface area (Å²) in [6.07, 6.45) is 5.29. The van der Waals surface area contributed by atoms with Gasteiger partial charge in [-0.1, -0.05) is 6.42 Å². The summed E-state index contributed by atoms with van der Waals surface area (Å²) in [5.41, 5.74) is 0.143. The minimum absolute atomic E-state index is 0. The highest BCUT2D eigenvalue weighted by Gasteiger charge is 2.31. The predicted molar refractivity (Wildman–Crippen MR) is 123 cm³/mol. The van der Waals surface area contributed by atoms with Crippen molar-refractivity contribution in [3.05, 3.63) is 0 Å². The van der Waals surface area contributed by atoms with Crippen LogP contribution in [0.2, 0.25) is 0 Å². The summed E-state index contributed by atoms with van der Waals surface area (Å²) >= 11 is 0. The number of hydrogen-bond donors (Lipinski definition) is 1. The molecule has 0 bridgehead atoms. The standard InChI is InChI=1S/C20H39N5O.HI/c1-4-21-19(22-17-20(2,3)25-9-6-5-7-10-25)24-11-8-18(16-24)23-12-14-26-15-13-23;/h18H,4-17H2,1-3H3,(H,21,22);1H. The number of piperidine rings is 1. The van der Waals surface area contributed by atoms with Crippen molar-refractivity contribution < 1.29 is 4.74 Å². The predicted octanol–water partition coefficient (Wildman–Crippen LogP) is 2.24. The van der Waals surface area contributed by atoms with E-state index < -0.39 is 0 Å². The number of guanidine groups is 1. The van der Waals surface area contributed by atoms with Crippen LogP contribution >= 0.6 is 24.0 Å². The Kier molecular flexibility index (Phi) is 9.58. The summed E-state index contributed by atoms with van der Waals surface area (Å²) in [6.45, 7) is 17.2. The lowest BCUT2D eigenvalue weighted by molar-refractivity contribution is 0.0194. The first-order valence-corrected chi connectivity index (χ1v) is 10.7. The summed E-state index contributed by atoms with van der Waals surface area (Å²) in [4.78, 5) is 12.8. The molecule has 0 aromatic heterocycles. The molecule has 27 heavy (non-hydrogen) atoms. The van der Waals surface area contributed by atoms with Crippen molar-refractivity contribution in [3.63, 3.8) is 0 Å². The minimum atomic E-state index is 0. The van der Waals surface area contributed by atoms with Gasteiger partial charge in [0.2, 0.25) is 0 Å². The van der Waals surface area contributed by atoms with Gasteiger partial charge in [-0.25, -0.2) is 0 Å². The number of nitrogens with zero attached hydrogens (tertiary/aromatic N) is 4. The summed E-state index contributed by atoms with van der Waals surface area (Å²) in [5, 5.41) is 3.54. The van der Waals surface area contributed by atoms with Crippen LogP contribution < -0.4 is 5.32 Å². The van der Waals surface area contributed by atoms with Crippen LogP contribution in [-0.2, 0) is 4.74 Å². The van der Waals surface area contributed by atoms with Crippen molar-refractivity contribution in [1.82, 2.24) is 20.0 Å². The summed E-state index contributed by atoms with van der Waals surface area (Å²) in [5.74, 6) is 1.10. The maximum absolute atomic E-state index is 5.51. The van der Waals surface area contributed by atoms with E-state index in [2.05, 4.69) is 40.8 Å². The molecule has 3 saturated heterocycles. The highest BCUT2D eigenvalue weighted by Crippen LogP contribution is 2.22. The van der Waals surface area contributed by atoms with Gasteiger partial charge < -0.3 is 15.0 Å². The van der Waals surface area contributed by atoms with E-state index in [-0.39, 0.29) is 29.5 Å². The van der Waals surface area contributed by atoms with Crippen LogP contribution in [0.15, 0.2) is 4.99 Å². The molecule has 3 fully saturated rings. The van der Waals surface area contributed by atoms with Gasteiger partial charge in [0.1, 0.15) is 0 Å². The van der Waals surface area contributed by atoms with Gasteiger partial charge in [-0.3, -0.25) is 14.8 Å². The summed E-state index contributed by atoms with van der Waals surface area (Å²) in [6, 6.07) is 0.651. The van der Waals surface area contributed by atoms with Gasteiger partial charge >= 0.3 is 0 Å². The van der Waals surface area contributed by atoms with E-state index >= 15 is 0 Å². The number of nitrogens with one attached hydrogen (secondary N) is 1. The number of aliphatic imine (C=N–C) groups is 1. The quantitative estimate of drug-likeness (QED) is 0.362. The molecule has 1 N–H and O–H groups in total. The molecule has 1 atom stereocenters. The van der Waals surface area contributed by atoms with E-state index in [1.807, 2.05) is 0 Å². The zero-order valence-corrected chi connectivity index (χ0v) is 19.9. The molecule has 0 aromatic carbocycles. The van der Waals surface area contributed by atoms with Crippen LogP contribution in [0.3, 0.4) is 0 Å². The third kappa shape index (κ3) is 6.44. The van der Waals surface area contributed by atoms with E-state index in [4.69, 9.17) is 9.73 Å². The zero-order valence-electron chi connectivity index (χ0n) is 17.6. The van der Waals surface area contributed by atoms with Crippen LogP contribution in [0.25, 0.3) is 0 Å². The van der Waals surface area contributed by atoms with Crippen LogP contribution in [0.1, 0.15) is 46.5 Å². The number of ether oxygens (including phenoxy) is 1. The first-order chi connectivity index (χ1) is 12.6. The topological polar surface area (TPSA) is 43.3 Å². The van der Waals surface area contributed by atoms with Crippen LogP contribution in [0.5, 0.6) is 0 Å². The lowest BCUT2D eigenvalue weighted by Gasteiger charge is -2.40. The van der Waals surface area contributed by atoms with Gasteiger partial charge in [-0.05, 0) is 53.1 Å². The second-order valence-electron chi connectivity index (χ2n) is 8.57. The van der Waals surface area contributed by atoms with E-state index in [9.17, 15) is 0 Å². The summed E-state index contributed by atoms with van der Waals surface area (Å²) < 4.78 is 5.51. The van der Waals surface area contributed by atoms with E-state index in [1.54, 1.807) is 0 Å². The van der Waals surface area contributed by atoms with Crippen LogP contribution in [0.4, 0.5) is 0 Å². The Bertz CT molecular complexity index is 461. The van der Waals surface area contributed by atoms with Crippen molar-refractivity contribution in [3.8, 4) is 0 Å². The van der Waals surface area contributed by atoms with Crippen molar-refractivity contribution in [2.75, 3.05) is 65.6 Å². The molecule has 3 aliphatic heterocycles. The third-order valence-corrected chi connectivity index (χ3v) is 6.19. The van der Waals surface area contributed by atoms with Crippen LogP contribution in [-0.4, -0.2) is 97.8 Å². The molecular formula is C20H40IN5O. The number of hydrogen-bond acceptors (Lipinski definition) is 4. The largest absolute Gasteiger partial charge is 0.379 e. The first kappa shape index (κ1) is 23.2. The monoisotopic (exact) mass is 493 g/mol. The van der Waals surface area contributed by atoms with Gasteiger partial charge in [0, 0.05) is 44.3 Å². The van der Waals surface area contributed by atoms with E-state index in [0.717, 1.165) is 58.4 Å². The maximum atomic E-state index is 5.51. The van der Waals surface area contributed by atoms with Gasteiger partial charge in [0.15, 0.2) is 5.96 Å². The fraction of sp³-hybridized carbons (Fsp3) is 0.950. The second kappa shape index (κ2) is 11.2. The average molecular weight is 493 g/mol. The van der Waals surface area contributed by atoms with Gasteiger partial charge in [0.05, 0.1) is 19.8 Å². The van der Waals surface area contributed by atoms with Crippen molar-refractivity contribution in [2.24, 2.45) is 4.99 Å². The molecule has 0 amide bonds. The van der Waals surface area contributed by atoms with Gasteiger partial charge in [0.25, 0.3) is 0 Å². The highest BCUT2D eigenvalue weighted by atomic mass is 127. The Balaban J connectivity index is 0.00000261. The van der Waals surface area contributed by atoms with E-state index in [0.29, 0.717) is 6.04 Å². The molecule has 0 aliphatic carbocycles. The first-order valence-electron chi connectivity index (χ1n) is 10.7. The van der Waals surface area contributed by atoms with Crippen molar-refractivity contribution in [1.29, 1.82) is 0 Å². The smallest absolute Gasteiger partial charge is 0.194 e. The molecule has 6 nitrogen and oxygen atoms in total. The maximum Gasteiger partial charge on any atom is 0.194 e. The highest BCUT2D eigenvalue weighted by molar-refractivity contribution is 14.0. The molecule has 0 radical (unpaired) electrons. The molecule has 0 aromatic rings. The molecule has 7 heteroatoms. The number of morpholine rings is 1. The summed E-state index contributed by atoms with van der Waals surface area (Å²) in [7, 11) is 0. The lowest BCUT2D eigenvalue weighted by Crippen LogP contribution is -2.50. The van der Waals surface area contributed by atoms with E-state index in [1.165, 1.54) is 38.8 Å². The number of rotatable bonds is 5. The molecule has 3 rings (SSSR count). The fourth-order valence-electron chi connectivity index (χ4n) is 4.47. The number of likely N-dealkylation sites (tertiary alicyclic amines) is 2. The minimum Gasteiger partial charge on any atom is -0.379 e. The zero-order chi connectivity index (χ0) is 18.4. The Morgan fingerprint density at radius 2 is 1.78 bits per heavy atom. The normalized spacial score (nSPS) is 26.1. The lowest BCUT2D eigenvalue weighted by atomic mass is 9.99. The third-order valence-electron chi connectivity index (χ3n) is 6.19. The molecule has 0 spiro atoms. The fourth-order valence-corrected chi connectivity index (χ4v) is 4.47. The SMILES string of the molecule is CCNC(=NCC(C)(C)N1CCCCC1)N1CCC(N2CCOCC2)C1.I. The molecular weight excluding hydrogens is 453 g/mol. The molecule has 0 saturated carbocycles. The van der Waals surface area contributed by atoms with Crippen molar-refractivity contribution in [2.45, 2.75) is 58.0 Å². The van der Waals surface area contributed by atoms with Gasteiger partial charge in [-0.15, -0.1) is 24.0 Å². The van der Waals surface area contributed by atoms with Crippen molar-refractivity contribution >= 4 is 29.9 Å². The Hall–Kier alpha value is -0.120. The Labute approximate surface area is 183 Å². The number of halogens is 1. The molecule has 3 aliphatic rings.